The largest absolute Gasteiger partial charge is 0.494 e. The number of thioether (sulfide) groups is 1. The zero-order valence-corrected chi connectivity index (χ0v) is 20.3. The topological polar surface area (TPSA) is 131 Å². The van der Waals surface area contributed by atoms with Crippen molar-refractivity contribution in [2.75, 3.05) is 49.7 Å². The number of anilines is 2. The Labute approximate surface area is 211 Å². The second-order valence-electron chi connectivity index (χ2n) is 7.87. The number of hydrogen-bond acceptors (Lipinski definition) is 9. The van der Waals surface area contributed by atoms with Gasteiger partial charge in [0, 0.05) is 42.2 Å². The molecule has 2 heterocycles. The Morgan fingerprint density at radius 1 is 1.19 bits per heavy atom. The van der Waals surface area contributed by atoms with Crippen LogP contribution in [0.5, 0.6) is 5.75 Å². The Morgan fingerprint density at radius 3 is 2.58 bits per heavy atom. The lowest BCUT2D eigenvalue weighted by atomic mass is 10.1. The summed E-state index contributed by atoms with van der Waals surface area (Å²) < 4.78 is 10.7. The van der Waals surface area contributed by atoms with Crippen molar-refractivity contribution >= 4 is 52.0 Å². The number of benzene rings is 2. The Hall–Kier alpha value is -3.90. The Balaban J connectivity index is 1.50. The number of nitrogens with one attached hydrogen (secondary N) is 1. The average Bonchev–Trinajstić information content (AvgIpc) is 3.13. The van der Waals surface area contributed by atoms with Crippen molar-refractivity contribution in [3.8, 4) is 5.75 Å². The van der Waals surface area contributed by atoms with E-state index in [0.29, 0.717) is 67.4 Å². The first-order chi connectivity index (χ1) is 17.4. The van der Waals surface area contributed by atoms with Crippen molar-refractivity contribution in [1.29, 1.82) is 0 Å². The van der Waals surface area contributed by atoms with Crippen LogP contribution in [-0.2, 0) is 14.3 Å². The summed E-state index contributed by atoms with van der Waals surface area (Å²) in [5.41, 5.74) is 1.50. The highest BCUT2D eigenvalue weighted by molar-refractivity contribution is 8.18. The number of amides is 3. The zero-order valence-electron chi connectivity index (χ0n) is 19.5. The first-order valence-electron chi connectivity index (χ1n) is 11.2. The van der Waals surface area contributed by atoms with Gasteiger partial charge in [0.1, 0.15) is 12.3 Å². The zero-order chi connectivity index (χ0) is 25.7. The minimum Gasteiger partial charge on any atom is -0.494 e. The van der Waals surface area contributed by atoms with Crippen molar-refractivity contribution in [3.05, 3.63) is 63.0 Å². The van der Waals surface area contributed by atoms with E-state index in [1.54, 1.807) is 30.3 Å². The van der Waals surface area contributed by atoms with Crippen LogP contribution in [0.1, 0.15) is 12.5 Å². The van der Waals surface area contributed by atoms with Gasteiger partial charge in [0.25, 0.3) is 16.8 Å². The molecule has 0 atom stereocenters. The summed E-state index contributed by atoms with van der Waals surface area (Å²) in [6.45, 7) is 4.12. The van der Waals surface area contributed by atoms with Crippen molar-refractivity contribution < 1.29 is 28.8 Å². The van der Waals surface area contributed by atoms with Crippen LogP contribution in [0.15, 0.2) is 47.4 Å². The van der Waals surface area contributed by atoms with Crippen LogP contribution in [0.25, 0.3) is 6.08 Å². The molecule has 1 N–H and O–H groups in total. The van der Waals surface area contributed by atoms with E-state index < -0.39 is 28.5 Å². The molecule has 0 saturated carbocycles. The Kier molecular flexibility index (Phi) is 7.86. The maximum atomic E-state index is 13.0. The molecule has 0 bridgehead atoms. The van der Waals surface area contributed by atoms with Crippen LogP contribution in [-0.4, -0.2) is 66.3 Å². The summed E-state index contributed by atoms with van der Waals surface area (Å²) in [5.74, 6) is -0.512. The van der Waals surface area contributed by atoms with Gasteiger partial charge in [-0.25, -0.2) is 0 Å². The predicted molar refractivity (Wildman–Crippen MR) is 135 cm³/mol. The van der Waals surface area contributed by atoms with Crippen molar-refractivity contribution in [1.82, 2.24) is 4.90 Å². The molecule has 188 valence electrons. The number of nitrogens with zero attached hydrogens (tertiary/aromatic N) is 3. The van der Waals surface area contributed by atoms with E-state index in [1.165, 1.54) is 18.2 Å². The standard InChI is InChI=1S/C24H24N4O7S/c1-2-35-19-6-3-17(4-7-19)25-22(29)15-27-23(30)21(36-24(27)31)14-16-13-18(28(32)33)5-8-20(16)26-9-11-34-12-10-26/h3-8,13-14H,2,9-12,15H2,1H3,(H,25,29)/b21-14-. The molecule has 0 unspecified atom stereocenters. The maximum Gasteiger partial charge on any atom is 0.294 e. The summed E-state index contributed by atoms with van der Waals surface area (Å²) in [4.78, 5) is 51.8. The maximum absolute atomic E-state index is 13.0. The Morgan fingerprint density at radius 2 is 1.92 bits per heavy atom. The van der Waals surface area contributed by atoms with E-state index >= 15 is 0 Å². The summed E-state index contributed by atoms with van der Waals surface area (Å²) in [6, 6.07) is 11.1. The van der Waals surface area contributed by atoms with Crippen LogP contribution in [0.3, 0.4) is 0 Å². The number of nitro groups is 1. The highest BCUT2D eigenvalue weighted by Crippen LogP contribution is 2.35. The first-order valence-corrected chi connectivity index (χ1v) is 12.1. The van der Waals surface area contributed by atoms with Gasteiger partial charge in [-0.2, -0.15) is 0 Å². The molecule has 12 heteroatoms. The number of rotatable bonds is 8. The van der Waals surface area contributed by atoms with Gasteiger partial charge in [0.2, 0.25) is 5.91 Å². The highest BCUT2D eigenvalue weighted by atomic mass is 32.2. The molecule has 0 aliphatic carbocycles. The van der Waals surface area contributed by atoms with Crippen LogP contribution >= 0.6 is 11.8 Å². The fourth-order valence-electron chi connectivity index (χ4n) is 3.79. The number of ether oxygens (including phenoxy) is 2. The van der Waals surface area contributed by atoms with Gasteiger partial charge in [-0.3, -0.25) is 29.4 Å². The molecule has 4 rings (SSSR count). The SMILES string of the molecule is CCOc1ccc(NC(=O)CN2C(=O)S/C(=C\c3cc([N+](=O)[O-])ccc3N3CCOCC3)C2=O)cc1. The van der Waals surface area contributed by atoms with Gasteiger partial charge in [-0.05, 0) is 55.1 Å². The molecule has 3 amide bonds. The van der Waals surface area contributed by atoms with Gasteiger partial charge in [0.05, 0.1) is 29.6 Å². The fourth-order valence-corrected chi connectivity index (χ4v) is 4.62. The predicted octanol–water partition coefficient (Wildman–Crippen LogP) is 3.51. The third kappa shape index (κ3) is 5.83. The molecule has 0 spiro atoms. The third-order valence-electron chi connectivity index (χ3n) is 5.48. The summed E-state index contributed by atoms with van der Waals surface area (Å²) in [6.07, 6.45) is 1.47. The highest BCUT2D eigenvalue weighted by Gasteiger charge is 2.36. The van der Waals surface area contributed by atoms with Gasteiger partial charge in [-0.1, -0.05) is 0 Å². The van der Waals surface area contributed by atoms with Crippen LogP contribution in [0, 0.1) is 10.1 Å². The Bertz CT molecular complexity index is 1210. The molecule has 2 aliphatic rings. The van der Waals surface area contributed by atoms with Crippen molar-refractivity contribution in [2.24, 2.45) is 0 Å². The number of carbonyl (C=O) groups is 3. The van der Waals surface area contributed by atoms with E-state index in [4.69, 9.17) is 9.47 Å². The molecule has 36 heavy (non-hydrogen) atoms. The lowest BCUT2D eigenvalue weighted by Crippen LogP contribution is -2.36. The molecule has 2 saturated heterocycles. The first kappa shape index (κ1) is 25.2. The van der Waals surface area contributed by atoms with E-state index in [-0.39, 0.29) is 10.6 Å². The van der Waals surface area contributed by atoms with Gasteiger partial charge in [0.15, 0.2) is 0 Å². The molecule has 2 aromatic carbocycles. The monoisotopic (exact) mass is 512 g/mol. The van der Waals surface area contributed by atoms with Gasteiger partial charge < -0.3 is 19.7 Å². The molecular weight excluding hydrogens is 488 g/mol. The lowest BCUT2D eigenvalue weighted by molar-refractivity contribution is -0.384. The van der Waals surface area contributed by atoms with Crippen LogP contribution in [0.4, 0.5) is 21.9 Å². The van der Waals surface area contributed by atoms with E-state index in [1.807, 2.05) is 11.8 Å². The summed E-state index contributed by atoms with van der Waals surface area (Å²) in [7, 11) is 0. The smallest absolute Gasteiger partial charge is 0.294 e. The quantitative estimate of drug-likeness (QED) is 0.321. The minimum atomic E-state index is -0.633. The van der Waals surface area contributed by atoms with Crippen LogP contribution in [0.2, 0.25) is 0 Å². The lowest BCUT2D eigenvalue weighted by Gasteiger charge is -2.30. The number of nitro benzene ring substituents is 1. The molecule has 0 aromatic heterocycles. The normalized spacial score (nSPS) is 17.0. The second kappa shape index (κ2) is 11.2. The summed E-state index contributed by atoms with van der Waals surface area (Å²) in [5, 5.41) is 13.4. The number of morpholine rings is 1. The van der Waals surface area contributed by atoms with Crippen molar-refractivity contribution in [2.45, 2.75) is 6.92 Å². The number of carbonyl (C=O) groups excluding carboxylic acids is 3. The second-order valence-corrected chi connectivity index (χ2v) is 8.87. The number of imide groups is 1. The molecule has 2 aromatic rings. The number of non-ortho nitro benzene ring substituents is 1. The van der Waals surface area contributed by atoms with Crippen molar-refractivity contribution in [3.63, 3.8) is 0 Å². The van der Waals surface area contributed by atoms with Gasteiger partial charge in [-0.15, -0.1) is 0 Å². The molecule has 11 nitrogen and oxygen atoms in total. The summed E-state index contributed by atoms with van der Waals surface area (Å²) >= 11 is 0.691. The van der Waals surface area contributed by atoms with E-state index in [9.17, 15) is 24.5 Å². The number of hydrogen-bond donors (Lipinski definition) is 1. The van der Waals surface area contributed by atoms with E-state index in [2.05, 4.69) is 5.32 Å². The molecule has 0 radical (unpaired) electrons. The average molecular weight is 513 g/mol. The van der Waals surface area contributed by atoms with E-state index in [0.717, 1.165) is 4.90 Å². The molecular formula is C24H24N4O7S. The third-order valence-corrected chi connectivity index (χ3v) is 6.39. The minimum absolute atomic E-state index is 0.0869. The fraction of sp³-hybridized carbons (Fsp3) is 0.292. The van der Waals surface area contributed by atoms with Crippen LogP contribution < -0.4 is 15.0 Å². The molecule has 2 aliphatic heterocycles. The molecule has 2 fully saturated rings. The van der Waals surface area contributed by atoms with Gasteiger partial charge >= 0.3 is 0 Å².